The molecule has 0 saturated carbocycles. The molecule has 0 aliphatic carbocycles. The zero-order chi connectivity index (χ0) is 22.5. The monoisotopic (exact) mass is 442 g/mol. The zero-order valence-corrected chi connectivity index (χ0v) is 18.9. The Balaban J connectivity index is 1.34. The minimum atomic E-state index is -0.0131. The number of carbonyl (C=O) groups excluding carboxylic acids is 3. The number of piperidine rings is 2. The summed E-state index contributed by atoms with van der Waals surface area (Å²) >= 11 is 0. The lowest BCUT2D eigenvalue weighted by atomic mass is 9.83. The second-order valence-corrected chi connectivity index (χ2v) is 9.07. The van der Waals surface area contributed by atoms with E-state index in [0.717, 1.165) is 58.3 Å². The quantitative estimate of drug-likeness (QED) is 0.745. The largest absolute Gasteiger partial charge is 0.497 e. The lowest BCUT2D eigenvalue weighted by molar-refractivity contribution is -0.135. The predicted molar refractivity (Wildman–Crippen MR) is 120 cm³/mol. The van der Waals surface area contributed by atoms with E-state index in [1.165, 1.54) is 0 Å². The number of hydrogen-bond acceptors (Lipinski definition) is 5. The van der Waals surface area contributed by atoms with Gasteiger partial charge < -0.3 is 19.9 Å². The van der Waals surface area contributed by atoms with E-state index >= 15 is 0 Å². The predicted octanol–water partition coefficient (Wildman–Crippen LogP) is 1.36. The van der Waals surface area contributed by atoms with Crippen LogP contribution in [0.3, 0.4) is 0 Å². The molecule has 1 atom stereocenters. The SMILES string of the molecule is COc1cccc(C(=O)N2CCCCC2C2CCN(C(=O)CN3CCNC(=O)C3)CC2)c1. The second-order valence-electron chi connectivity index (χ2n) is 9.07. The molecule has 0 bridgehead atoms. The highest BCUT2D eigenvalue weighted by atomic mass is 16.5. The van der Waals surface area contributed by atoms with Gasteiger partial charge in [-0.2, -0.15) is 0 Å². The van der Waals surface area contributed by atoms with Crippen LogP contribution < -0.4 is 10.1 Å². The van der Waals surface area contributed by atoms with Crippen LogP contribution in [0.5, 0.6) is 5.75 Å². The molecule has 1 aromatic rings. The van der Waals surface area contributed by atoms with Gasteiger partial charge >= 0.3 is 0 Å². The van der Waals surface area contributed by atoms with Crippen LogP contribution >= 0.6 is 0 Å². The fourth-order valence-corrected chi connectivity index (χ4v) is 5.27. The van der Waals surface area contributed by atoms with Gasteiger partial charge in [0.05, 0.1) is 20.2 Å². The van der Waals surface area contributed by atoms with Crippen LogP contribution in [0, 0.1) is 5.92 Å². The molecule has 1 unspecified atom stereocenters. The Morgan fingerprint density at radius 3 is 2.66 bits per heavy atom. The molecule has 3 saturated heterocycles. The Bertz CT molecular complexity index is 837. The van der Waals surface area contributed by atoms with Crippen LogP contribution in [-0.4, -0.2) is 91.4 Å². The summed E-state index contributed by atoms with van der Waals surface area (Å²) in [6.45, 7) is 4.16. The molecule has 0 spiro atoms. The van der Waals surface area contributed by atoms with Crippen LogP contribution in [-0.2, 0) is 9.59 Å². The first-order chi connectivity index (χ1) is 15.5. The molecule has 8 nitrogen and oxygen atoms in total. The minimum Gasteiger partial charge on any atom is -0.497 e. The number of benzene rings is 1. The molecule has 3 heterocycles. The summed E-state index contributed by atoms with van der Waals surface area (Å²) in [5.41, 5.74) is 0.675. The van der Waals surface area contributed by atoms with E-state index in [0.29, 0.717) is 36.9 Å². The van der Waals surface area contributed by atoms with Crippen molar-refractivity contribution in [2.24, 2.45) is 5.92 Å². The summed E-state index contributed by atoms with van der Waals surface area (Å²) in [5.74, 6) is 1.28. The van der Waals surface area contributed by atoms with Crippen molar-refractivity contribution in [2.45, 2.75) is 38.1 Å². The fourth-order valence-electron chi connectivity index (χ4n) is 5.27. The second kappa shape index (κ2) is 10.3. The van der Waals surface area contributed by atoms with Crippen molar-refractivity contribution in [3.63, 3.8) is 0 Å². The third kappa shape index (κ3) is 5.23. The Morgan fingerprint density at radius 2 is 1.91 bits per heavy atom. The third-order valence-corrected chi connectivity index (χ3v) is 7.04. The van der Waals surface area contributed by atoms with Crippen molar-refractivity contribution >= 4 is 17.7 Å². The first kappa shape index (κ1) is 22.6. The van der Waals surface area contributed by atoms with Gasteiger partial charge in [-0.15, -0.1) is 0 Å². The third-order valence-electron chi connectivity index (χ3n) is 7.04. The van der Waals surface area contributed by atoms with E-state index in [1.807, 2.05) is 34.1 Å². The van der Waals surface area contributed by atoms with Gasteiger partial charge in [-0.05, 0) is 56.2 Å². The van der Waals surface area contributed by atoms with Crippen molar-refractivity contribution in [1.82, 2.24) is 20.0 Å². The van der Waals surface area contributed by atoms with Crippen LogP contribution in [0.4, 0.5) is 0 Å². The minimum absolute atomic E-state index is 0.0131. The van der Waals surface area contributed by atoms with Gasteiger partial charge in [0.2, 0.25) is 11.8 Å². The average Bonchev–Trinajstić information content (AvgIpc) is 2.83. The number of rotatable bonds is 5. The van der Waals surface area contributed by atoms with Crippen molar-refractivity contribution in [1.29, 1.82) is 0 Å². The van der Waals surface area contributed by atoms with Gasteiger partial charge in [0.25, 0.3) is 5.91 Å². The van der Waals surface area contributed by atoms with Gasteiger partial charge in [-0.25, -0.2) is 0 Å². The summed E-state index contributed by atoms with van der Waals surface area (Å²) in [5, 5.41) is 2.79. The topological polar surface area (TPSA) is 82.2 Å². The molecular weight excluding hydrogens is 408 g/mol. The first-order valence-corrected chi connectivity index (χ1v) is 11.8. The van der Waals surface area contributed by atoms with Gasteiger partial charge in [-0.3, -0.25) is 19.3 Å². The zero-order valence-electron chi connectivity index (χ0n) is 18.9. The van der Waals surface area contributed by atoms with Crippen molar-refractivity contribution in [3.8, 4) is 5.75 Å². The normalized spacial score (nSPS) is 23.0. The fraction of sp³-hybridized carbons (Fsp3) is 0.625. The lowest BCUT2D eigenvalue weighted by Gasteiger charge is -2.44. The van der Waals surface area contributed by atoms with Crippen molar-refractivity contribution < 1.29 is 19.1 Å². The lowest BCUT2D eigenvalue weighted by Crippen LogP contribution is -2.53. The van der Waals surface area contributed by atoms with Gasteiger partial charge in [0.1, 0.15) is 5.75 Å². The molecular formula is C24H34N4O4. The van der Waals surface area contributed by atoms with E-state index < -0.39 is 0 Å². The molecule has 1 N–H and O–H groups in total. The van der Waals surface area contributed by atoms with E-state index in [1.54, 1.807) is 7.11 Å². The van der Waals surface area contributed by atoms with Crippen LogP contribution in [0.1, 0.15) is 42.5 Å². The van der Waals surface area contributed by atoms with E-state index in [-0.39, 0.29) is 23.8 Å². The van der Waals surface area contributed by atoms with Crippen LogP contribution in [0.2, 0.25) is 0 Å². The highest BCUT2D eigenvalue weighted by Crippen LogP contribution is 2.32. The molecule has 1 aromatic carbocycles. The maximum absolute atomic E-state index is 13.3. The Kier molecular flexibility index (Phi) is 7.29. The maximum Gasteiger partial charge on any atom is 0.254 e. The average molecular weight is 443 g/mol. The number of likely N-dealkylation sites (tertiary alicyclic amines) is 2. The molecule has 8 heteroatoms. The molecule has 3 amide bonds. The van der Waals surface area contributed by atoms with Crippen molar-refractivity contribution in [3.05, 3.63) is 29.8 Å². The van der Waals surface area contributed by atoms with Crippen LogP contribution in [0.15, 0.2) is 24.3 Å². The number of ether oxygens (including phenoxy) is 1. The Hall–Kier alpha value is -2.61. The molecule has 174 valence electrons. The number of amides is 3. The highest BCUT2D eigenvalue weighted by Gasteiger charge is 2.36. The number of carbonyl (C=O) groups is 3. The molecule has 3 aliphatic rings. The highest BCUT2D eigenvalue weighted by molar-refractivity contribution is 5.95. The summed E-state index contributed by atoms with van der Waals surface area (Å²) in [7, 11) is 1.61. The van der Waals surface area contributed by atoms with Gasteiger partial charge in [0.15, 0.2) is 0 Å². The summed E-state index contributed by atoms with van der Waals surface area (Å²) < 4.78 is 5.30. The smallest absolute Gasteiger partial charge is 0.254 e. The Labute approximate surface area is 189 Å². The van der Waals surface area contributed by atoms with Gasteiger partial charge in [-0.1, -0.05) is 6.07 Å². The summed E-state index contributed by atoms with van der Waals surface area (Å²) in [6, 6.07) is 7.62. The molecule has 0 radical (unpaired) electrons. The van der Waals surface area contributed by atoms with Gasteiger partial charge in [0, 0.05) is 44.3 Å². The molecule has 0 aromatic heterocycles. The van der Waals surface area contributed by atoms with E-state index in [9.17, 15) is 14.4 Å². The maximum atomic E-state index is 13.3. The number of methoxy groups -OCH3 is 1. The molecule has 3 fully saturated rings. The van der Waals surface area contributed by atoms with Crippen molar-refractivity contribution in [2.75, 3.05) is 52.9 Å². The summed E-state index contributed by atoms with van der Waals surface area (Å²) in [4.78, 5) is 43.5. The van der Waals surface area contributed by atoms with Crippen LogP contribution in [0.25, 0.3) is 0 Å². The first-order valence-electron chi connectivity index (χ1n) is 11.8. The number of hydrogen-bond donors (Lipinski definition) is 1. The molecule has 32 heavy (non-hydrogen) atoms. The van der Waals surface area contributed by atoms with E-state index in [4.69, 9.17) is 4.74 Å². The summed E-state index contributed by atoms with van der Waals surface area (Å²) in [6.07, 6.45) is 5.03. The van der Waals surface area contributed by atoms with E-state index in [2.05, 4.69) is 10.2 Å². The molecule has 3 aliphatic heterocycles. The standard InChI is InChI=1S/C24H34N4O4/c1-32-20-6-4-5-19(15-20)24(31)28-11-3-2-7-21(28)18-8-12-27(13-9-18)23(30)17-26-14-10-25-22(29)16-26/h4-6,15,18,21H,2-3,7-14,16-17H2,1H3,(H,25,29). The number of nitrogens with one attached hydrogen (secondary N) is 1. The number of piperazine rings is 1. The molecule has 4 rings (SSSR count). The number of nitrogens with zero attached hydrogens (tertiary/aromatic N) is 3. The Morgan fingerprint density at radius 1 is 1.09 bits per heavy atom.